The van der Waals surface area contributed by atoms with Gasteiger partial charge in [0.05, 0.1) is 0 Å². The van der Waals surface area contributed by atoms with E-state index >= 15 is 0 Å². The third-order valence-electron chi connectivity index (χ3n) is 1.10. The number of hydrogen-bond donors (Lipinski definition) is 4. The molecule has 0 amide bonds. The van der Waals surface area contributed by atoms with Gasteiger partial charge in [-0.05, 0) is 6.42 Å². The van der Waals surface area contributed by atoms with Crippen molar-refractivity contribution in [1.82, 2.24) is 0 Å². The quantitative estimate of drug-likeness (QED) is 0.479. The number of nitrogens with two attached hydrogens (primary N) is 1. The molecule has 0 aromatic heterocycles. The van der Waals surface area contributed by atoms with Gasteiger partial charge in [-0.2, -0.15) is 0 Å². The third-order valence-corrected chi connectivity index (χ3v) is 1.33. The SMILES string of the molecule is NC(CCC(=O)O)C(=O)O.O=C(O)CCl. The maximum Gasteiger partial charge on any atom is 0.320 e. The highest BCUT2D eigenvalue weighted by Crippen LogP contribution is 1.93. The summed E-state index contributed by atoms with van der Waals surface area (Å²) < 4.78 is 0. The summed E-state index contributed by atoms with van der Waals surface area (Å²) in [5.41, 5.74) is 5.00. The Labute approximate surface area is 90.4 Å². The van der Waals surface area contributed by atoms with Crippen LogP contribution in [0.2, 0.25) is 0 Å². The summed E-state index contributed by atoms with van der Waals surface area (Å²) in [5.74, 6) is -3.48. The van der Waals surface area contributed by atoms with Crippen LogP contribution in [-0.4, -0.2) is 45.1 Å². The maximum absolute atomic E-state index is 9.99. The highest BCUT2D eigenvalue weighted by atomic mass is 35.5. The molecule has 88 valence electrons. The normalized spacial score (nSPS) is 10.8. The van der Waals surface area contributed by atoms with E-state index in [1.807, 2.05) is 0 Å². The van der Waals surface area contributed by atoms with Gasteiger partial charge in [0.15, 0.2) is 0 Å². The Morgan fingerprint density at radius 1 is 1.13 bits per heavy atom. The van der Waals surface area contributed by atoms with Crippen molar-refractivity contribution in [3.05, 3.63) is 0 Å². The second-order valence-corrected chi connectivity index (χ2v) is 2.67. The van der Waals surface area contributed by atoms with E-state index in [-0.39, 0.29) is 18.7 Å². The number of rotatable bonds is 5. The number of carboxylic acids is 3. The fourth-order valence-electron chi connectivity index (χ4n) is 0.402. The van der Waals surface area contributed by atoms with Gasteiger partial charge in [-0.1, -0.05) is 0 Å². The molecule has 0 bridgehead atoms. The molecule has 0 aliphatic heterocycles. The zero-order valence-corrected chi connectivity index (χ0v) is 8.48. The average molecular weight is 242 g/mol. The van der Waals surface area contributed by atoms with Crippen LogP contribution in [0.1, 0.15) is 12.8 Å². The van der Waals surface area contributed by atoms with Crippen molar-refractivity contribution in [3.63, 3.8) is 0 Å². The van der Waals surface area contributed by atoms with Gasteiger partial charge in [-0.3, -0.25) is 14.4 Å². The van der Waals surface area contributed by atoms with E-state index in [0.717, 1.165) is 0 Å². The van der Waals surface area contributed by atoms with Crippen LogP contribution in [0.15, 0.2) is 0 Å². The fraction of sp³-hybridized carbons (Fsp3) is 0.571. The second-order valence-electron chi connectivity index (χ2n) is 2.40. The van der Waals surface area contributed by atoms with Crippen LogP contribution in [0.5, 0.6) is 0 Å². The highest BCUT2D eigenvalue weighted by molar-refractivity contribution is 6.26. The van der Waals surface area contributed by atoms with Crippen molar-refractivity contribution in [2.45, 2.75) is 18.9 Å². The Morgan fingerprint density at radius 3 is 1.73 bits per heavy atom. The molecule has 0 aliphatic rings. The largest absolute Gasteiger partial charge is 0.481 e. The van der Waals surface area contributed by atoms with E-state index in [4.69, 9.17) is 32.7 Å². The molecular weight excluding hydrogens is 230 g/mol. The number of hydrogen-bond acceptors (Lipinski definition) is 4. The van der Waals surface area contributed by atoms with Gasteiger partial charge in [0, 0.05) is 6.42 Å². The molecule has 0 aliphatic carbocycles. The van der Waals surface area contributed by atoms with Crippen molar-refractivity contribution in [2.75, 3.05) is 5.88 Å². The number of carbonyl (C=O) groups is 3. The molecule has 0 aromatic rings. The van der Waals surface area contributed by atoms with Gasteiger partial charge in [-0.15, -0.1) is 11.6 Å². The first-order chi connectivity index (χ1) is 6.81. The van der Waals surface area contributed by atoms with E-state index in [1.54, 1.807) is 0 Å². The second kappa shape index (κ2) is 9.22. The lowest BCUT2D eigenvalue weighted by atomic mass is 10.2. The van der Waals surface area contributed by atoms with Crippen LogP contribution >= 0.6 is 11.6 Å². The van der Waals surface area contributed by atoms with Crippen molar-refractivity contribution in [1.29, 1.82) is 0 Å². The van der Waals surface area contributed by atoms with Gasteiger partial charge < -0.3 is 21.1 Å². The molecule has 8 heteroatoms. The van der Waals surface area contributed by atoms with Crippen molar-refractivity contribution in [2.24, 2.45) is 5.73 Å². The molecule has 15 heavy (non-hydrogen) atoms. The van der Waals surface area contributed by atoms with Crippen LogP contribution in [0.25, 0.3) is 0 Å². The molecule has 5 N–H and O–H groups in total. The first kappa shape index (κ1) is 16.1. The molecule has 0 saturated carbocycles. The van der Waals surface area contributed by atoms with Crippen molar-refractivity contribution >= 4 is 29.5 Å². The topological polar surface area (TPSA) is 138 Å². The van der Waals surface area contributed by atoms with Gasteiger partial charge in [0.1, 0.15) is 11.9 Å². The van der Waals surface area contributed by atoms with Crippen molar-refractivity contribution in [3.8, 4) is 0 Å². The van der Waals surface area contributed by atoms with Gasteiger partial charge in [-0.25, -0.2) is 0 Å². The number of alkyl halides is 1. The van der Waals surface area contributed by atoms with Crippen LogP contribution in [0, 0.1) is 0 Å². The summed E-state index contributed by atoms with van der Waals surface area (Å²) in [6.45, 7) is 0. The molecule has 0 aromatic carbocycles. The molecule has 0 fully saturated rings. The Balaban J connectivity index is 0. The minimum absolute atomic E-state index is 0.0231. The van der Waals surface area contributed by atoms with E-state index in [0.29, 0.717) is 0 Å². The zero-order valence-electron chi connectivity index (χ0n) is 7.72. The summed E-state index contributed by atoms with van der Waals surface area (Å²) in [6, 6.07) is -1.06. The number of aliphatic carboxylic acids is 3. The summed E-state index contributed by atoms with van der Waals surface area (Å²) in [6.07, 6.45) is -0.224. The smallest absolute Gasteiger partial charge is 0.320 e. The summed E-state index contributed by atoms with van der Waals surface area (Å²) in [7, 11) is 0. The molecule has 0 radical (unpaired) electrons. The van der Waals surface area contributed by atoms with E-state index < -0.39 is 23.9 Å². The lowest BCUT2D eigenvalue weighted by Crippen LogP contribution is -2.30. The minimum Gasteiger partial charge on any atom is -0.481 e. The van der Waals surface area contributed by atoms with Gasteiger partial charge in [0.25, 0.3) is 0 Å². The standard InChI is InChI=1S/C5H9NO4.C2H3ClO2/c6-3(5(9)10)1-2-4(7)8;3-1-2(4)5/h3H,1-2,6H2,(H,7,8)(H,9,10);1H2,(H,4,5). The third kappa shape index (κ3) is 15.4. The molecule has 0 saturated heterocycles. The Hall–Kier alpha value is -1.34. The first-order valence-corrected chi connectivity index (χ1v) is 4.32. The summed E-state index contributed by atoms with van der Waals surface area (Å²) >= 11 is 4.74. The van der Waals surface area contributed by atoms with Gasteiger partial charge in [0.2, 0.25) is 0 Å². The maximum atomic E-state index is 9.99. The minimum atomic E-state index is -1.17. The van der Waals surface area contributed by atoms with Gasteiger partial charge >= 0.3 is 17.9 Å². The predicted molar refractivity (Wildman–Crippen MR) is 50.8 cm³/mol. The predicted octanol–water partition coefficient (Wildman–Crippen LogP) is -0.427. The number of halogens is 1. The zero-order chi connectivity index (χ0) is 12.4. The fourth-order valence-corrected chi connectivity index (χ4v) is 0.402. The van der Waals surface area contributed by atoms with Crippen molar-refractivity contribution < 1.29 is 29.7 Å². The highest BCUT2D eigenvalue weighted by Gasteiger charge is 2.12. The lowest BCUT2D eigenvalue weighted by Gasteiger charge is -2.01. The van der Waals surface area contributed by atoms with Crippen LogP contribution in [0.3, 0.4) is 0 Å². The van der Waals surface area contributed by atoms with E-state index in [9.17, 15) is 14.4 Å². The Morgan fingerprint density at radius 2 is 1.53 bits per heavy atom. The van der Waals surface area contributed by atoms with Crippen LogP contribution in [0.4, 0.5) is 0 Å². The monoisotopic (exact) mass is 241 g/mol. The van der Waals surface area contributed by atoms with E-state index in [1.165, 1.54) is 0 Å². The number of carboxylic acid groups (broad SMARTS) is 3. The summed E-state index contributed by atoms with van der Waals surface area (Å²) in [4.78, 5) is 29.1. The molecule has 0 heterocycles. The molecule has 1 unspecified atom stereocenters. The van der Waals surface area contributed by atoms with Crippen LogP contribution < -0.4 is 5.73 Å². The lowest BCUT2D eigenvalue weighted by molar-refractivity contribution is -0.140. The Bertz CT molecular complexity index is 232. The van der Waals surface area contributed by atoms with Crippen LogP contribution in [-0.2, 0) is 14.4 Å². The first-order valence-electron chi connectivity index (χ1n) is 3.79. The molecule has 0 rings (SSSR count). The molecule has 1 atom stereocenters. The molecule has 7 nitrogen and oxygen atoms in total. The van der Waals surface area contributed by atoms with E-state index in [2.05, 4.69) is 0 Å². The molecular formula is C7H12ClNO6. The molecule has 0 spiro atoms. The average Bonchev–Trinajstić information content (AvgIpc) is 2.14. The summed E-state index contributed by atoms with van der Waals surface area (Å²) in [5, 5.41) is 23.9. The Kier molecular flexibility index (Phi) is 9.90.